The summed E-state index contributed by atoms with van der Waals surface area (Å²) in [6.45, 7) is 4.16. The van der Waals surface area contributed by atoms with E-state index in [2.05, 4.69) is 11.9 Å². The number of carbonyl (C=O) groups is 1. The molecule has 110 valence electrons. The predicted molar refractivity (Wildman–Crippen MR) is 86.5 cm³/mol. The first kappa shape index (κ1) is 15.2. The van der Waals surface area contributed by atoms with Crippen LogP contribution in [-0.4, -0.2) is 10.9 Å². The van der Waals surface area contributed by atoms with Crippen LogP contribution in [0.4, 0.5) is 11.4 Å². The lowest BCUT2D eigenvalue weighted by Gasteiger charge is -2.26. The number of benzene rings is 1. The van der Waals surface area contributed by atoms with Gasteiger partial charge in [0.25, 0.3) is 0 Å². The third kappa shape index (κ3) is 3.91. The van der Waals surface area contributed by atoms with Crippen molar-refractivity contribution in [2.24, 2.45) is 5.92 Å². The summed E-state index contributed by atoms with van der Waals surface area (Å²) < 4.78 is 0. The lowest BCUT2D eigenvalue weighted by atomic mass is 10.0. The van der Waals surface area contributed by atoms with Crippen molar-refractivity contribution in [3.63, 3.8) is 0 Å². The SMILES string of the molecule is CCCCC(C)C(=O)N(c1ccccc1)c1ccncc1. The van der Waals surface area contributed by atoms with Crippen molar-refractivity contribution in [2.45, 2.75) is 33.1 Å². The van der Waals surface area contributed by atoms with Gasteiger partial charge < -0.3 is 0 Å². The number of pyridine rings is 1. The molecule has 1 aromatic carbocycles. The van der Waals surface area contributed by atoms with Crippen molar-refractivity contribution in [1.29, 1.82) is 0 Å². The molecule has 21 heavy (non-hydrogen) atoms. The summed E-state index contributed by atoms with van der Waals surface area (Å²) in [6.07, 6.45) is 6.54. The average molecular weight is 282 g/mol. The van der Waals surface area contributed by atoms with Crippen LogP contribution in [0.25, 0.3) is 0 Å². The first-order valence-electron chi connectivity index (χ1n) is 7.53. The van der Waals surface area contributed by atoms with Gasteiger partial charge in [-0.05, 0) is 30.7 Å². The highest BCUT2D eigenvalue weighted by atomic mass is 16.2. The van der Waals surface area contributed by atoms with Gasteiger partial charge in [-0.1, -0.05) is 44.9 Å². The molecular weight excluding hydrogens is 260 g/mol. The fraction of sp³-hybridized carbons (Fsp3) is 0.333. The number of nitrogens with zero attached hydrogens (tertiary/aromatic N) is 2. The Morgan fingerprint density at radius 3 is 2.33 bits per heavy atom. The summed E-state index contributed by atoms with van der Waals surface area (Å²) in [4.78, 5) is 18.7. The fourth-order valence-electron chi connectivity index (χ4n) is 2.33. The topological polar surface area (TPSA) is 33.2 Å². The maximum absolute atomic E-state index is 12.9. The van der Waals surface area contributed by atoms with Gasteiger partial charge in [0.2, 0.25) is 5.91 Å². The van der Waals surface area contributed by atoms with Crippen molar-refractivity contribution in [2.75, 3.05) is 4.90 Å². The number of unbranched alkanes of at least 4 members (excludes halogenated alkanes) is 1. The van der Waals surface area contributed by atoms with Gasteiger partial charge in [-0.2, -0.15) is 0 Å². The van der Waals surface area contributed by atoms with Gasteiger partial charge in [0, 0.05) is 24.0 Å². The first-order chi connectivity index (χ1) is 10.2. The number of rotatable bonds is 6. The van der Waals surface area contributed by atoms with Crippen LogP contribution >= 0.6 is 0 Å². The number of hydrogen-bond donors (Lipinski definition) is 0. The number of para-hydroxylation sites is 1. The van der Waals surface area contributed by atoms with Crippen LogP contribution in [0.2, 0.25) is 0 Å². The Labute approximate surface area is 126 Å². The summed E-state index contributed by atoms with van der Waals surface area (Å²) in [7, 11) is 0. The molecule has 1 unspecified atom stereocenters. The molecule has 1 aromatic heterocycles. The zero-order valence-corrected chi connectivity index (χ0v) is 12.7. The van der Waals surface area contributed by atoms with Gasteiger partial charge >= 0.3 is 0 Å². The van der Waals surface area contributed by atoms with Crippen molar-refractivity contribution < 1.29 is 4.79 Å². The minimum Gasteiger partial charge on any atom is -0.281 e. The lowest BCUT2D eigenvalue weighted by molar-refractivity contribution is -0.121. The quantitative estimate of drug-likeness (QED) is 0.777. The number of carbonyl (C=O) groups excluding carboxylic acids is 1. The van der Waals surface area contributed by atoms with Crippen LogP contribution in [0, 0.1) is 5.92 Å². The summed E-state index contributed by atoms with van der Waals surface area (Å²) in [5.74, 6) is 0.152. The summed E-state index contributed by atoms with van der Waals surface area (Å²) >= 11 is 0. The van der Waals surface area contributed by atoms with E-state index in [0.717, 1.165) is 30.6 Å². The van der Waals surface area contributed by atoms with Crippen LogP contribution in [0.5, 0.6) is 0 Å². The van der Waals surface area contributed by atoms with E-state index in [1.165, 1.54) is 0 Å². The molecule has 0 saturated heterocycles. The van der Waals surface area contributed by atoms with Crippen LogP contribution in [0.15, 0.2) is 54.9 Å². The maximum atomic E-state index is 12.9. The molecule has 0 bridgehead atoms. The molecule has 0 aliphatic rings. The van der Waals surface area contributed by atoms with Crippen LogP contribution < -0.4 is 4.90 Å². The molecule has 0 N–H and O–H groups in total. The second-order valence-electron chi connectivity index (χ2n) is 5.26. The average Bonchev–Trinajstić information content (AvgIpc) is 2.54. The Morgan fingerprint density at radius 2 is 1.71 bits per heavy atom. The van der Waals surface area contributed by atoms with Crippen LogP contribution in [0.3, 0.4) is 0 Å². The lowest BCUT2D eigenvalue weighted by Crippen LogP contribution is -2.31. The predicted octanol–water partition coefficient (Wildman–Crippen LogP) is 4.57. The minimum absolute atomic E-state index is 0.0123. The van der Waals surface area contributed by atoms with Crippen LogP contribution in [0.1, 0.15) is 33.1 Å². The molecule has 2 aromatic rings. The molecule has 1 amide bonds. The standard InChI is InChI=1S/C18H22N2O/c1-3-4-8-15(2)18(21)20(16-9-6-5-7-10-16)17-11-13-19-14-12-17/h5-7,9-15H,3-4,8H2,1-2H3. The van der Waals surface area contributed by atoms with E-state index in [1.54, 1.807) is 17.3 Å². The molecule has 0 aliphatic carbocycles. The first-order valence-corrected chi connectivity index (χ1v) is 7.53. The molecule has 1 atom stereocenters. The minimum atomic E-state index is 0.0123. The summed E-state index contributed by atoms with van der Waals surface area (Å²) in [5.41, 5.74) is 1.77. The summed E-state index contributed by atoms with van der Waals surface area (Å²) in [6, 6.07) is 13.5. The van der Waals surface area contributed by atoms with Crippen molar-refractivity contribution in [3.05, 3.63) is 54.9 Å². The van der Waals surface area contributed by atoms with E-state index in [0.29, 0.717) is 0 Å². The molecule has 0 aliphatic heterocycles. The van der Waals surface area contributed by atoms with Gasteiger partial charge in [0.1, 0.15) is 0 Å². The van der Waals surface area contributed by atoms with Gasteiger partial charge in [-0.15, -0.1) is 0 Å². The zero-order valence-electron chi connectivity index (χ0n) is 12.7. The normalized spacial score (nSPS) is 11.9. The molecule has 0 spiro atoms. The molecular formula is C18H22N2O. The molecule has 1 heterocycles. The van der Waals surface area contributed by atoms with E-state index in [9.17, 15) is 4.79 Å². The molecule has 3 nitrogen and oxygen atoms in total. The van der Waals surface area contributed by atoms with Crippen molar-refractivity contribution >= 4 is 17.3 Å². The Kier molecular flexibility index (Phi) is 5.50. The monoisotopic (exact) mass is 282 g/mol. The number of aromatic nitrogens is 1. The highest BCUT2D eigenvalue weighted by Gasteiger charge is 2.22. The zero-order chi connectivity index (χ0) is 15.1. The van der Waals surface area contributed by atoms with Crippen molar-refractivity contribution in [1.82, 2.24) is 4.98 Å². The van der Waals surface area contributed by atoms with E-state index in [4.69, 9.17) is 0 Å². The van der Waals surface area contributed by atoms with Gasteiger partial charge in [0.05, 0.1) is 5.69 Å². The van der Waals surface area contributed by atoms with E-state index in [1.807, 2.05) is 49.4 Å². The van der Waals surface area contributed by atoms with E-state index in [-0.39, 0.29) is 11.8 Å². The Balaban J connectivity index is 2.31. The highest BCUT2D eigenvalue weighted by Crippen LogP contribution is 2.27. The maximum Gasteiger partial charge on any atom is 0.234 e. The molecule has 3 heteroatoms. The molecule has 0 radical (unpaired) electrons. The molecule has 0 fully saturated rings. The highest BCUT2D eigenvalue weighted by molar-refractivity contribution is 6.01. The van der Waals surface area contributed by atoms with E-state index >= 15 is 0 Å². The number of amides is 1. The molecule has 0 saturated carbocycles. The van der Waals surface area contributed by atoms with Crippen LogP contribution in [-0.2, 0) is 4.79 Å². The number of anilines is 2. The van der Waals surface area contributed by atoms with E-state index < -0.39 is 0 Å². The van der Waals surface area contributed by atoms with Crippen molar-refractivity contribution in [3.8, 4) is 0 Å². The Hall–Kier alpha value is -2.16. The Morgan fingerprint density at radius 1 is 1.10 bits per heavy atom. The second-order valence-corrected chi connectivity index (χ2v) is 5.26. The third-order valence-electron chi connectivity index (χ3n) is 3.57. The largest absolute Gasteiger partial charge is 0.281 e. The summed E-state index contributed by atoms with van der Waals surface area (Å²) in [5, 5.41) is 0. The third-order valence-corrected chi connectivity index (χ3v) is 3.57. The smallest absolute Gasteiger partial charge is 0.234 e. The second kappa shape index (κ2) is 7.58. The van der Waals surface area contributed by atoms with Gasteiger partial charge in [-0.3, -0.25) is 14.7 Å². The number of hydrogen-bond acceptors (Lipinski definition) is 2. The molecule has 2 rings (SSSR count). The van der Waals surface area contributed by atoms with Gasteiger partial charge in [0.15, 0.2) is 0 Å². The van der Waals surface area contributed by atoms with Gasteiger partial charge in [-0.25, -0.2) is 0 Å². The fourth-order valence-corrected chi connectivity index (χ4v) is 2.33. The Bertz CT molecular complexity index is 514.